The number of ether oxygens (including phenoxy) is 1. The molecule has 0 aliphatic carbocycles. The Balaban J connectivity index is 1.82. The first-order valence-electron chi connectivity index (χ1n) is 7.11. The van der Waals surface area contributed by atoms with E-state index < -0.39 is 5.60 Å². The lowest BCUT2D eigenvalue weighted by Gasteiger charge is -2.35. The molecule has 1 fully saturated rings. The number of hydrogen-bond donors (Lipinski definition) is 1. The zero-order valence-electron chi connectivity index (χ0n) is 12.9. The summed E-state index contributed by atoms with van der Waals surface area (Å²) in [5, 5.41) is 0. The van der Waals surface area contributed by atoms with Gasteiger partial charge in [0.2, 0.25) is 0 Å². The molecule has 7 nitrogen and oxygen atoms in total. The first-order chi connectivity index (χ1) is 9.83. The maximum absolute atomic E-state index is 12.0. The first-order valence-corrected chi connectivity index (χ1v) is 7.11. The van der Waals surface area contributed by atoms with Crippen LogP contribution >= 0.6 is 0 Å². The van der Waals surface area contributed by atoms with Crippen LogP contribution in [-0.2, 0) is 11.3 Å². The van der Waals surface area contributed by atoms with Gasteiger partial charge in [-0.15, -0.1) is 0 Å². The van der Waals surface area contributed by atoms with Gasteiger partial charge in [-0.1, -0.05) is 0 Å². The predicted octanol–water partition coefficient (Wildman–Crippen LogP) is 1.11. The molecule has 2 N–H and O–H groups in total. The summed E-state index contributed by atoms with van der Waals surface area (Å²) in [5.74, 6) is 1.19. The van der Waals surface area contributed by atoms with Gasteiger partial charge in [0.15, 0.2) is 0 Å². The van der Waals surface area contributed by atoms with Crippen molar-refractivity contribution in [3.8, 4) is 0 Å². The molecule has 1 aromatic rings. The number of nitrogens with two attached hydrogens (primary N) is 1. The molecule has 0 atom stereocenters. The summed E-state index contributed by atoms with van der Waals surface area (Å²) in [6.45, 7) is 9.12. The molecule has 1 aromatic heterocycles. The third-order valence-electron chi connectivity index (χ3n) is 3.12. The molecule has 7 heteroatoms. The zero-order chi connectivity index (χ0) is 15.5. The van der Waals surface area contributed by atoms with E-state index in [4.69, 9.17) is 10.5 Å². The quantitative estimate of drug-likeness (QED) is 0.879. The van der Waals surface area contributed by atoms with E-state index in [0.717, 1.165) is 13.1 Å². The highest BCUT2D eigenvalue weighted by molar-refractivity contribution is 5.68. The molecular formula is C14H23N5O2. The van der Waals surface area contributed by atoms with Gasteiger partial charge in [0.1, 0.15) is 17.2 Å². The van der Waals surface area contributed by atoms with Gasteiger partial charge in [-0.25, -0.2) is 14.8 Å². The molecule has 1 saturated heterocycles. The van der Waals surface area contributed by atoms with Crippen LogP contribution in [0.2, 0.25) is 0 Å². The highest BCUT2D eigenvalue weighted by Crippen LogP contribution is 2.12. The van der Waals surface area contributed by atoms with Gasteiger partial charge in [0.05, 0.1) is 6.54 Å². The summed E-state index contributed by atoms with van der Waals surface area (Å²) in [6, 6.07) is 1.67. The molecule has 2 rings (SSSR count). The summed E-state index contributed by atoms with van der Waals surface area (Å²) in [6.07, 6.45) is 1.41. The van der Waals surface area contributed by atoms with E-state index in [1.807, 2.05) is 20.8 Å². The van der Waals surface area contributed by atoms with Crippen molar-refractivity contribution in [3.05, 3.63) is 18.1 Å². The molecule has 0 aromatic carbocycles. The van der Waals surface area contributed by atoms with E-state index in [2.05, 4.69) is 14.9 Å². The van der Waals surface area contributed by atoms with E-state index in [9.17, 15) is 4.79 Å². The van der Waals surface area contributed by atoms with E-state index >= 15 is 0 Å². The Morgan fingerprint density at radius 3 is 2.57 bits per heavy atom. The molecule has 21 heavy (non-hydrogen) atoms. The molecule has 0 radical (unpaired) electrons. The lowest BCUT2D eigenvalue weighted by Crippen LogP contribution is -2.49. The average molecular weight is 293 g/mol. The number of carbonyl (C=O) groups is 1. The Kier molecular flexibility index (Phi) is 4.62. The van der Waals surface area contributed by atoms with Crippen molar-refractivity contribution in [2.75, 3.05) is 31.9 Å². The maximum Gasteiger partial charge on any atom is 0.410 e. The second kappa shape index (κ2) is 6.26. The van der Waals surface area contributed by atoms with Crippen LogP contribution in [0.25, 0.3) is 0 Å². The SMILES string of the molecule is CC(C)(C)OC(=O)N1CCN(Cc2nccc(N)n2)CC1. The summed E-state index contributed by atoms with van der Waals surface area (Å²) >= 11 is 0. The molecule has 2 heterocycles. The lowest BCUT2D eigenvalue weighted by molar-refractivity contribution is 0.0137. The van der Waals surface area contributed by atoms with Gasteiger partial charge in [-0.3, -0.25) is 4.90 Å². The van der Waals surface area contributed by atoms with Crippen molar-refractivity contribution in [2.45, 2.75) is 32.9 Å². The predicted molar refractivity (Wildman–Crippen MR) is 79.5 cm³/mol. The summed E-state index contributed by atoms with van der Waals surface area (Å²) in [5.41, 5.74) is 5.19. The van der Waals surface area contributed by atoms with Gasteiger partial charge >= 0.3 is 6.09 Å². The minimum absolute atomic E-state index is 0.248. The fraction of sp³-hybridized carbons (Fsp3) is 0.643. The number of nitrogens with zero attached hydrogens (tertiary/aromatic N) is 4. The Morgan fingerprint density at radius 1 is 1.33 bits per heavy atom. The van der Waals surface area contributed by atoms with Gasteiger partial charge in [0.25, 0.3) is 0 Å². The number of piperazine rings is 1. The van der Waals surface area contributed by atoms with Crippen molar-refractivity contribution in [1.82, 2.24) is 19.8 Å². The van der Waals surface area contributed by atoms with Crippen molar-refractivity contribution in [1.29, 1.82) is 0 Å². The van der Waals surface area contributed by atoms with Gasteiger partial charge in [0, 0.05) is 32.4 Å². The zero-order valence-corrected chi connectivity index (χ0v) is 12.9. The highest BCUT2D eigenvalue weighted by atomic mass is 16.6. The third kappa shape index (κ3) is 4.86. The number of rotatable bonds is 2. The van der Waals surface area contributed by atoms with Gasteiger partial charge in [-0.2, -0.15) is 0 Å². The molecule has 1 amide bonds. The number of hydrogen-bond acceptors (Lipinski definition) is 6. The average Bonchev–Trinajstić information content (AvgIpc) is 2.37. The topological polar surface area (TPSA) is 84.6 Å². The number of aromatic nitrogens is 2. The first kappa shape index (κ1) is 15.5. The Labute approximate surface area is 125 Å². The molecule has 1 aliphatic heterocycles. The second-order valence-corrected chi connectivity index (χ2v) is 6.14. The van der Waals surface area contributed by atoms with Crippen LogP contribution in [-0.4, -0.2) is 57.6 Å². The number of amides is 1. The number of carbonyl (C=O) groups excluding carboxylic acids is 1. The van der Waals surface area contributed by atoms with E-state index in [0.29, 0.717) is 31.3 Å². The van der Waals surface area contributed by atoms with Crippen LogP contribution < -0.4 is 5.73 Å². The minimum atomic E-state index is -0.455. The number of nitrogen functional groups attached to an aromatic ring is 1. The van der Waals surface area contributed by atoms with Gasteiger partial charge in [-0.05, 0) is 26.8 Å². The van der Waals surface area contributed by atoms with Gasteiger partial charge < -0.3 is 15.4 Å². The third-order valence-corrected chi connectivity index (χ3v) is 3.12. The van der Waals surface area contributed by atoms with Crippen LogP contribution in [0.4, 0.5) is 10.6 Å². The fourth-order valence-corrected chi connectivity index (χ4v) is 2.11. The van der Waals surface area contributed by atoms with Crippen LogP contribution in [0.15, 0.2) is 12.3 Å². The molecule has 0 bridgehead atoms. The Hall–Kier alpha value is -1.89. The maximum atomic E-state index is 12.0. The van der Waals surface area contributed by atoms with E-state index in [1.54, 1.807) is 17.2 Å². The summed E-state index contributed by atoms with van der Waals surface area (Å²) in [4.78, 5) is 24.3. The van der Waals surface area contributed by atoms with E-state index in [-0.39, 0.29) is 6.09 Å². The summed E-state index contributed by atoms with van der Waals surface area (Å²) in [7, 11) is 0. The van der Waals surface area contributed by atoms with Crippen molar-refractivity contribution < 1.29 is 9.53 Å². The standard InChI is InChI=1S/C14H23N5O2/c1-14(2,3)21-13(20)19-8-6-18(7-9-19)10-12-16-5-4-11(15)17-12/h4-5H,6-10H2,1-3H3,(H2,15,16,17). The molecule has 1 aliphatic rings. The fourth-order valence-electron chi connectivity index (χ4n) is 2.11. The van der Waals surface area contributed by atoms with Crippen LogP contribution in [0.3, 0.4) is 0 Å². The normalized spacial score (nSPS) is 16.8. The largest absolute Gasteiger partial charge is 0.444 e. The van der Waals surface area contributed by atoms with Crippen molar-refractivity contribution in [3.63, 3.8) is 0 Å². The molecular weight excluding hydrogens is 270 g/mol. The van der Waals surface area contributed by atoms with Crippen molar-refractivity contribution in [2.24, 2.45) is 0 Å². The second-order valence-electron chi connectivity index (χ2n) is 6.14. The Bertz CT molecular complexity index is 492. The lowest BCUT2D eigenvalue weighted by atomic mass is 10.2. The van der Waals surface area contributed by atoms with Crippen molar-refractivity contribution >= 4 is 11.9 Å². The molecule has 116 valence electrons. The van der Waals surface area contributed by atoms with E-state index in [1.165, 1.54) is 0 Å². The molecule has 0 unspecified atom stereocenters. The monoisotopic (exact) mass is 293 g/mol. The number of anilines is 1. The van der Waals surface area contributed by atoms with Crippen LogP contribution in [0, 0.1) is 0 Å². The van der Waals surface area contributed by atoms with Crippen LogP contribution in [0.5, 0.6) is 0 Å². The molecule has 0 saturated carbocycles. The summed E-state index contributed by atoms with van der Waals surface area (Å²) < 4.78 is 5.37. The smallest absolute Gasteiger partial charge is 0.410 e. The van der Waals surface area contributed by atoms with Crippen LogP contribution in [0.1, 0.15) is 26.6 Å². The highest BCUT2D eigenvalue weighted by Gasteiger charge is 2.26. The molecule has 0 spiro atoms. The Morgan fingerprint density at radius 2 is 2.00 bits per heavy atom. The minimum Gasteiger partial charge on any atom is -0.444 e.